The van der Waals surface area contributed by atoms with Gasteiger partial charge in [-0.2, -0.15) is 0 Å². The summed E-state index contributed by atoms with van der Waals surface area (Å²) in [5, 5.41) is 2.88. The smallest absolute Gasteiger partial charge is 0.325 e. The van der Waals surface area contributed by atoms with Crippen molar-refractivity contribution >= 4 is 40.8 Å². The van der Waals surface area contributed by atoms with Gasteiger partial charge in [0.25, 0.3) is 5.91 Å². The zero-order valence-electron chi connectivity index (χ0n) is 15.4. The molecule has 2 atom stereocenters. The number of carbonyl (C=O) groups is 3. The Balaban J connectivity index is 1.72. The van der Waals surface area contributed by atoms with Crippen LogP contribution in [0.5, 0.6) is 0 Å². The third-order valence-corrected chi connectivity index (χ3v) is 6.69. The van der Waals surface area contributed by atoms with Crippen LogP contribution in [-0.4, -0.2) is 46.3 Å². The van der Waals surface area contributed by atoms with Gasteiger partial charge in [-0.15, -0.1) is 17.9 Å². The van der Waals surface area contributed by atoms with Crippen LogP contribution in [0.25, 0.3) is 0 Å². The van der Waals surface area contributed by atoms with Gasteiger partial charge in [-0.05, 0) is 30.9 Å². The number of thiophene rings is 1. The molecule has 2 unspecified atom stereocenters. The Labute approximate surface area is 168 Å². The zero-order chi connectivity index (χ0) is 19.6. The normalized spacial score (nSPS) is 25.0. The van der Waals surface area contributed by atoms with Gasteiger partial charge in [-0.25, -0.2) is 4.79 Å². The molecule has 1 saturated carbocycles. The van der Waals surface area contributed by atoms with Gasteiger partial charge in [0, 0.05) is 11.4 Å². The number of nitrogens with one attached hydrogen (secondary N) is 1. The van der Waals surface area contributed by atoms with Gasteiger partial charge in [0.2, 0.25) is 5.91 Å². The van der Waals surface area contributed by atoms with Crippen LogP contribution >= 0.6 is 22.9 Å². The molecule has 1 spiro atoms. The van der Waals surface area contributed by atoms with Crippen LogP contribution in [0.15, 0.2) is 24.8 Å². The zero-order valence-corrected chi connectivity index (χ0v) is 16.9. The number of amides is 4. The monoisotopic (exact) mass is 409 g/mol. The topological polar surface area (TPSA) is 69.7 Å². The van der Waals surface area contributed by atoms with Gasteiger partial charge in [0.1, 0.15) is 12.1 Å². The molecule has 2 fully saturated rings. The predicted molar refractivity (Wildman–Crippen MR) is 106 cm³/mol. The van der Waals surface area contributed by atoms with E-state index in [-0.39, 0.29) is 24.3 Å². The summed E-state index contributed by atoms with van der Waals surface area (Å²) in [4.78, 5) is 41.9. The number of rotatable bonds is 6. The van der Waals surface area contributed by atoms with Crippen LogP contribution in [0, 0.1) is 5.92 Å². The molecule has 2 aliphatic rings. The average Bonchev–Trinajstić information content (AvgIpc) is 3.14. The first kappa shape index (κ1) is 19.9. The van der Waals surface area contributed by atoms with E-state index in [1.807, 2.05) is 13.0 Å². The number of hydrogen-bond acceptors (Lipinski definition) is 4. The molecule has 1 aromatic heterocycles. The molecule has 4 amide bonds. The van der Waals surface area contributed by atoms with Crippen molar-refractivity contribution in [3.8, 4) is 0 Å². The van der Waals surface area contributed by atoms with Crippen LogP contribution < -0.4 is 5.32 Å². The molecule has 27 heavy (non-hydrogen) atoms. The van der Waals surface area contributed by atoms with Crippen molar-refractivity contribution in [3.63, 3.8) is 0 Å². The molecule has 1 aliphatic heterocycles. The van der Waals surface area contributed by atoms with E-state index in [4.69, 9.17) is 11.6 Å². The summed E-state index contributed by atoms with van der Waals surface area (Å²) in [6, 6.07) is 3.17. The first-order valence-corrected chi connectivity index (χ1v) is 10.3. The highest BCUT2D eigenvalue weighted by Crippen LogP contribution is 2.38. The lowest BCUT2D eigenvalue weighted by Crippen LogP contribution is -2.54. The van der Waals surface area contributed by atoms with Crippen LogP contribution in [0.2, 0.25) is 4.34 Å². The fourth-order valence-electron chi connectivity index (χ4n) is 3.91. The highest BCUT2D eigenvalue weighted by molar-refractivity contribution is 7.16. The van der Waals surface area contributed by atoms with Crippen LogP contribution in [0.3, 0.4) is 0 Å². The Bertz CT molecular complexity index is 765. The first-order valence-electron chi connectivity index (χ1n) is 9.14. The lowest BCUT2D eigenvalue weighted by molar-refractivity contribution is -0.140. The van der Waals surface area contributed by atoms with Gasteiger partial charge >= 0.3 is 6.03 Å². The number of carbonyl (C=O) groups excluding carboxylic acids is 3. The van der Waals surface area contributed by atoms with E-state index >= 15 is 0 Å². The molecule has 6 nitrogen and oxygen atoms in total. The molecule has 1 saturated heterocycles. The molecule has 8 heteroatoms. The van der Waals surface area contributed by atoms with Crippen molar-refractivity contribution in [2.24, 2.45) is 5.92 Å². The van der Waals surface area contributed by atoms with Crippen molar-refractivity contribution in [1.82, 2.24) is 15.1 Å². The summed E-state index contributed by atoms with van der Waals surface area (Å²) in [5.74, 6) is -0.491. The number of nitrogens with zero attached hydrogens (tertiary/aromatic N) is 2. The second-order valence-electron chi connectivity index (χ2n) is 7.21. The molecule has 3 rings (SSSR count). The highest BCUT2D eigenvalue weighted by atomic mass is 35.5. The van der Waals surface area contributed by atoms with E-state index in [2.05, 4.69) is 11.9 Å². The first-order chi connectivity index (χ1) is 12.9. The van der Waals surface area contributed by atoms with E-state index in [0.717, 1.165) is 29.0 Å². The summed E-state index contributed by atoms with van der Waals surface area (Å²) in [6.45, 7) is 6.13. The summed E-state index contributed by atoms with van der Waals surface area (Å²) in [7, 11) is 0. The third kappa shape index (κ3) is 3.89. The number of imide groups is 1. The van der Waals surface area contributed by atoms with Crippen molar-refractivity contribution in [3.05, 3.63) is 34.0 Å². The fourth-order valence-corrected chi connectivity index (χ4v) is 5.01. The van der Waals surface area contributed by atoms with E-state index in [1.54, 1.807) is 17.0 Å². The fraction of sp³-hybridized carbons (Fsp3) is 0.526. The van der Waals surface area contributed by atoms with Gasteiger partial charge in [-0.3, -0.25) is 14.5 Å². The van der Waals surface area contributed by atoms with Crippen molar-refractivity contribution in [1.29, 1.82) is 0 Å². The SMILES string of the molecule is C=CCN(Cc1ccc(Cl)s1)C(=O)CN1C(=O)NC2(CCCCC2C)C1=O. The van der Waals surface area contributed by atoms with Gasteiger partial charge in [0.15, 0.2) is 0 Å². The minimum atomic E-state index is -0.847. The second-order valence-corrected chi connectivity index (χ2v) is 9.01. The maximum atomic E-state index is 13.0. The quantitative estimate of drug-likeness (QED) is 0.578. The Morgan fingerprint density at radius 3 is 2.89 bits per heavy atom. The van der Waals surface area contributed by atoms with Gasteiger partial charge in [-0.1, -0.05) is 37.4 Å². The van der Waals surface area contributed by atoms with Gasteiger partial charge < -0.3 is 10.2 Å². The lowest BCUT2D eigenvalue weighted by atomic mass is 9.73. The summed E-state index contributed by atoms with van der Waals surface area (Å²) in [6.07, 6.45) is 5.12. The molecular weight excluding hydrogens is 386 g/mol. The van der Waals surface area contributed by atoms with E-state index in [1.165, 1.54) is 11.3 Å². The Morgan fingerprint density at radius 1 is 1.48 bits per heavy atom. The lowest BCUT2D eigenvalue weighted by Gasteiger charge is -2.36. The Kier molecular flexibility index (Phi) is 5.91. The summed E-state index contributed by atoms with van der Waals surface area (Å²) in [5.41, 5.74) is -0.847. The molecule has 0 radical (unpaired) electrons. The minimum Gasteiger partial charge on any atom is -0.332 e. The van der Waals surface area contributed by atoms with Gasteiger partial charge in [0.05, 0.1) is 10.9 Å². The average molecular weight is 410 g/mol. The Morgan fingerprint density at radius 2 is 2.26 bits per heavy atom. The Hall–Kier alpha value is -1.86. The van der Waals surface area contributed by atoms with Crippen LogP contribution in [0.1, 0.15) is 37.5 Å². The molecule has 1 aliphatic carbocycles. The second kappa shape index (κ2) is 8.02. The maximum Gasteiger partial charge on any atom is 0.325 e. The number of hydrogen-bond donors (Lipinski definition) is 1. The predicted octanol–water partition coefficient (Wildman–Crippen LogP) is 3.42. The largest absolute Gasteiger partial charge is 0.332 e. The molecule has 1 aromatic rings. The molecule has 1 N–H and O–H groups in total. The van der Waals surface area contributed by atoms with Crippen molar-refractivity contribution < 1.29 is 14.4 Å². The number of halogens is 1. The molecule has 0 bridgehead atoms. The third-order valence-electron chi connectivity index (χ3n) is 5.47. The number of urea groups is 1. The van der Waals surface area contributed by atoms with E-state index < -0.39 is 11.6 Å². The molecule has 0 aromatic carbocycles. The van der Waals surface area contributed by atoms with Crippen LogP contribution in [0.4, 0.5) is 4.79 Å². The highest BCUT2D eigenvalue weighted by Gasteiger charge is 2.55. The minimum absolute atomic E-state index is 0.0698. The molecule has 146 valence electrons. The maximum absolute atomic E-state index is 13.0. The van der Waals surface area contributed by atoms with Crippen molar-refractivity contribution in [2.45, 2.75) is 44.7 Å². The van der Waals surface area contributed by atoms with Crippen molar-refractivity contribution in [2.75, 3.05) is 13.1 Å². The molecule has 2 heterocycles. The van der Waals surface area contributed by atoms with Crippen LogP contribution in [-0.2, 0) is 16.1 Å². The standard InChI is InChI=1S/C19H24ClN3O3S/c1-3-10-22(11-14-7-8-15(20)27-14)16(24)12-23-17(25)19(21-18(23)26)9-5-4-6-13(19)2/h3,7-8,13H,1,4-6,9-12H2,2H3,(H,21,26). The van der Waals surface area contributed by atoms with E-state index in [9.17, 15) is 14.4 Å². The van der Waals surface area contributed by atoms with E-state index in [0.29, 0.717) is 23.8 Å². The summed E-state index contributed by atoms with van der Waals surface area (Å²) >= 11 is 7.36. The molecular formula is C19H24ClN3O3S. The summed E-state index contributed by atoms with van der Waals surface area (Å²) < 4.78 is 0.651.